The Balaban J connectivity index is 1.88. The molecule has 1 aliphatic carbocycles. The van der Waals surface area contributed by atoms with E-state index >= 15 is 0 Å². The molecule has 2 unspecified atom stereocenters. The van der Waals surface area contributed by atoms with Crippen molar-refractivity contribution < 1.29 is 8.78 Å². The molecule has 1 saturated carbocycles. The van der Waals surface area contributed by atoms with Crippen molar-refractivity contribution in [3.63, 3.8) is 0 Å². The molecule has 94 valence electrons. The molecular weight excluding hydrogens is 222 g/mol. The number of rotatable bonds is 3. The SMILES string of the molecule is NC1CCCC(NCc2ccc(F)cc2F)C1. The van der Waals surface area contributed by atoms with Crippen LogP contribution < -0.4 is 11.1 Å². The zero-order chi connectivity index (χ0) is 12.3. The molecule has 1 aliphatic rings. The summed E-state index contributed by atoms with van der Waals surface area (Å²) in [6.45, 7) is 0.434. The topological polar surface area (TPSA) is 38.0 Å². The largest absolute Gasteiger partial charge is 0.328 e. The van der Waals surface area contributed by atoms with Crippen LogP contribution >= 0.6 is 0 Å². The molecule has 2 atom stereocenters. The van der Waals surface area contributed by atoms with Crippen molar-refractivity contribution in [2.75, 3.05) is 0 Å². The molecule has 0 bridgehead atoms. The smallest absolute Gasteiger partial charge is 0.130 e. The monoisotopic (exact) mass is 240 g/mol. The van der Waals surface area contributed by atoms with Gasteiger partial charge in [0.25, 0.3) is 0 Å². The van der Waals surface area contributed by atoms with Crippen LogP contribution in [-0.4, -0.2) is 12.1 Å². The molecule has 0 radical (unpaired) electrons. The maximum Gasteiger partial charge on any atom is 0.130 e. The van der Waals surface area contributed by atoms with E-state index in [0.29, 0.717) is 18.2 Å². The summed E-state index contributed by atoms with van der Waals surface area (Å²) in [6, 6.07) is 4.29. The summed E-state index contributed by atoms with van der Waals surface area (Å²) < 4.78 is 26.1. The van der Waals surface area contributed by atoms with Gasteiger partial charge in [0.2, 0.25) is 0 Å². The zero-order valence-corrected chi connectivity index (χ0v) is 9.76. The number of hydrogen-bond donors (Lipinski definition) is 2. The van der Waals surface area contributed by atoms with E-state index in [1.54, 1.807) is 0 Å². The van der Waals surface area contributed by atoms with Gasteiger partial charge >= 0.3 is 0 Å². The van der Waals surface area contributed by atoms with Gasteiger partial charge in [-0.3, -0.25) is 0 Å². The van der Waals surface area contributed by atoms with Crippen molar-refractivity contribution in [1.82, 2.24) is 5.32 Å². The predicted octanol–water partition coefficient (Wildman–Crippen LogP) is 2.32. The van der Waals surface area contributed by atoms with E-state index in [4.69, 9.17) is 5.73 Å². The number of halogens is 2. The lowest BCUT2D eigenvalue weighted by Gasteiger charge is -2.27. The third-order valence-electron chi connectivity index (χ3n) is 3.31. The maximum atomic E-state index is 13.4. The fourth-order valence-corrected chi connectivity index (χ4v) is 2.33. The first-order valence-electron chi connectivity index (χ1n) is 6.08. The Labute approximate surface area is 100 Å². The molecule has 2 rings (SSSR count). The second kappa shape index (κ2) is 5.56. The molecule has 0 spiro atoms. The first-order valence-corrected chi connectivity index (χ1v) is 6.08. The highest BCUT2D eigenvalue weighted by Gasteiger charge is 2.18. The second-order valence-corrected chi connectivity index (χ2v) is 4.74. The number of nitrogens with two attached hydrogens (primary N) is 1. The molecule has 1 aromatic rings. The van der Waals surface area contributed by atoms with Crippen LogP contribution in [0.5, 0.6) is 0 Å². The Morgan fingerprint density at radius 3 is 2.82 bits per heavy atom. The lowest BCUT2D eigenvalue weighted by molar-refractivity contribution is 0.337. The van der Waals surface area contributed by atoms with Crippen molar-refractivity contribution >= 4 is 0 Å². The summed E-state index contributed by atoms with van der Waals surface area (Å²) in [6.07, 6.45) is 4.20. The van der Waals surface area contributed by atoms with Gasteiger partial charge in [-0.25, -0.2) is 8.78 Å². The molecule has 4 heteroatoms. The van der Waals surface area contributed by atoms with E-state index in [9.17, 15) is 8.78 Å². The minimum atomic E-state index is -0.536. The zero-order valence-electron chi connectivity index (χ0n) is 9.76. The van der Waals surface area contributed by atoms with E-state index in [-0.39, 0.29) is 6.04 Å². The summed E-state index contributed by atoms with van der Waals surface area (Å²) in [5.74, 6) is -1.02. The summed E-state index contributed by atoms with van der Waals surface area (Å²) in [4.78, 5) is 0. The highest BCUT2D eigenvalue weighted by atomic mass is 19.1. The van der Waals surface area contributed by atoms with Gasteiger partial charge < -0.3 is 11.1 Å². The molecule has 1 aromatic carbocycles. The van der Waals surface area contributed by atoms with Crippen molar-refractivity contribution in [1.29, 1.82) is 0 Å². The van der Waals surface area contributed by atoms with Crippen LogP contribution in [0.15, 0.2) is 18.2 Å². The standard InChI is InChI=1S/C13H18F2N2/c14-10-5-4-9(13(15)6-10)8-17-12-3-1-2-11(16)7-12/h4-6,11-12,17H,1-3,7-8,16H2. The molecule has 0 heterocycles. The van der Waals surface area contributed by atoms with E-state index in [0.717, 1.165) is 31.7 Å². The van der Waals surface area contributed by atoms with Crippen LogP contribution in [0.2, 0.25) is 0 Å². The van der Waals surface area contributed by atoms with Crippen molar-refractivity contribution in [3.05, 3.63) is 35.4 Å². The second-order valence-electron chi connectivity index (χ2n) is 4.74. The normalized spacial score (nSPS) is 24.9. The molecule has 0 aromatic heterocycles. The minimum Gasteiger partial charge on any atom is -0.328 e. The molecule has 0 amide bonds. The number of hydrogen-bond acceptors (Lipinski definition) is 2. The van der Waals surface area contributed by atoms with Crippen molar-refractivity contribution in [2.24, 2.45) is 5.73 Å². The van der Waals surface area contributed by atoms with Crippen LogP contribution in [0, 0.1) is 11.6 Å². The third-order valence-corrected chi connectivity index (χ3v) is 3.31. The third kappa shape index (κ3) is 3.48. The average Bonchev–Trinajstić information content (AvgIpc) is 2.28. The predicted molar refractivity (Wildman–Crippen MR) is 63.4 cm³/mol. The van der Waals surface area contributed by atoms with Crippen LogP contribution in [0.25, 0.3) is 0 Å². The lowest BCUT2D eigenvalue weighted by atomic mass is 9.91. The van der Waals surface area contributed by atoms with Gasteiger partial charge in [-0.1, -0.05) is 12.5 Å². The number of nitrogens with one attached hydrogen (secondary N) is 1. The quantitative estimate of drug-likeness (QED) is 0.851. The molecule has 0 saturated heterocycles. The molecule has 3 N–H and O–H groups in total. The van der Waals surface area contributed by atoms with Gasteiger partial charge in [0.15, 0.2) is 0 Å². The first-order chi connectivity index (χ1) is 8.15. The lowest BCUT2D eigenvalue weighted by Crippen LogP contribution is -2.39. The highest BCUT2D eigenvalue weighted by molar-refractivity contribution is 5.18. The summed E-state index contributed by atoms with van der Waals surface area (Å²) in [5, 5.41) is 3.29. The molecule has 2 nitrogen and oxygen atoms in total. The van der Waals surface area contributed by atoms with Gasteiger partial charge in [-0.05, 0) is 25.3 Å². The van der Waals surface area contributed by atoms with Gasteiger partial charge in [0, 0.05) is 30.3 Å². The van der Waals surface area contributed by atoms with Gasteiger partial charge in [-0.15, -0.1) is 0 Å². The Morgan fingerprint density at radius 2 is 2.12 bits per heavy atom. The van der Waals surface area contributed by atoms with E-state index in [2.05, 4.69) is 5.32 Å². The van der Waals surface area contributed by atoms with E-state index in [1.807, 2.05) is 0 Å². The average molecular weight is 240 g/mol. The molecular formula is C13H18F2N2. The van der Waals surface area contributed by atoms with Crippen LogP contribution in [0.1, 0.15) is 31.2 Å². The Bertz CT molecular complexity index is 382. The van der Waals surface area contributed by atoms with E-state index in [1.165, 1.54) is 12.1 Å². The number of benzene rings is 1. The van der Waals surface area contributed by atoms with Crippen LogP contribution in [-0.2, 0) is 6.54 Å². The van der Waals surface area contributed by atoms with Crippen LogP contribution in [0.4, 0.5) is 8.78 Å². The fourth-order valence-electron chi connectivity index (χ4n) is 2.33. The molecule has 17 heavy (non-hydrogen) atoms. The Morgan fingerprint density at radius 1 is 1.29 bits per heavy atom. The van der Waals surface area contributed by atoms with Gasteiger partial charge in [0.1, 0.15) is 11.6 Å². The van der Waals surface area contributed by atoms with Crippen molar-refractivity contribution in [3.8, 4) is 0 Å². The first kappa shape index (κ1) is 12.5. The summed E-state index contributed by atoms with van der Waals surface area (Å²) >= 11 is 0. The summed E-state index contributed by atoms with van der Waals surface area (Å²) in [7, 11) is 0. The molecule has 0 aliphatic heterocycles. The van der Waals surface area contributed by atoms with Crippen LogP contribution in [0.3, 0.4) is 0 Å². The van der Waals surface area contributed by atoms with Gasteiger partial charge in [-0.2, -0.15) is 0 Å². The minimum absolute atomic E-state index is 0.249. The van der Waals surface area contributed by atoms with Gasteiger partial charge in [0.05, 0.1) is 0 Å². The molecule has 1 fully saturated rings. The Kier molecular flexibility index (Phi) is 4.07. The van der Waals surface area contributed by atoms with Crippen molar-refractivity contribution in [2.45, 2.75) is 44.3 Å². The Hall–Kier alpha value is -1.00. The fraction of sp³-hybridized carbons (Fsp3) is 0.538. The van der Waals surface area contributed by atoms with E-state index < -0.39 is 11.6 Å². The maximum absolute atomic E-state index is 13.4. The summed E-state index contributed by atoms with van der Waals surface area (Å²) in [5.41, 5.74) is 6.39. The highest BCUT2D eigenvalue weighted by Crippen LogP contribution is 2.18.